The van der Waals surface area contributed by atoms with Gasteiger partial charge in [0.05, 0.1) is 28.5 Å². The van der Waals surface area contributed by atoms with E-state index in [1.807, 2.05) is 55.5 Å². The van der Waals surface area contributed by atoms with E-state index in [1.165, 1.54) is 10.6 Å². The Morgan fingerprint density at radius 3 is 2.39 bits per heavy atom. The third-order valence-corrected chi connectivity index (χ3v) is 7.48. The smallest absolute Gasteiger partial charge is 0.227 e. The fourth-order valence-electron chi connectivity index (χ4n) is 4.63. The predicted molar refractivity (Wildman–Crippen MR) is 123 cm³/mol. The van der Waals surface area contributed by atoms with Gasteiger partial charge in [0.2, 0.25) is 15.9 Å². The van der Waals surface area contributed by atoms with Gasteiger partial charge in [0.25, 0.3) is 0 Å². The first-order valence-electron chi connectivity index (χ1n) is 10.4. The lowest BCUT2D eigenvalue weighted by Gasteiger charge is -2.29. The second-order valence-electron chi connectivity index (χ2n) is 8.18. The van der Waals surface area contributed by atoms with Crippen molar-refractivity contribution in [3.63, 3.8) is 0 Å². The first-order valence-corrected chi connectivity index (χ1v) is 12.2. The number of anilines is 1. The molecule has 2 aromatic heterocycles. The van der Waals surface area contributed by atoms with E-state index in [1.54, 1.807) is 0 Å². The molecule has 160 valence electrons. The molecule has 0 spiro atoms. The maximum absolute atomic E-state index is 13.2. The second-order valence-corrected chi connectivity index (χ2v) is 10.2. The maximum atomic E-state index is 13.2. The van der Waals surface area contributed by atoms with Gasteiger partial charge in [-0.25, -0.2) is 17.7 Å². The van der Waals surface area contributed by atoms with Crippen molar-refractivity contribution < 1.29 is 13.2 Å². The van der Waals surface area contributed by atoms with E-state index >= 15 is 0 Å². The minimum Gasteiger partial charge on any atom is -0.323 e. The molecule has 3 heterocycles. The number of para-hydroxylation sites is 2. The van der Waals surface area contributed by atoms with Gasteiger partial charge in [0, 0.05) is 29.8 Å². The number of nitrogens with one attached hydrogen (secondary N) is 1. The Labute approximate surface area is 180 Å². The van der Waals surface area contributed by atoms with Crippen LogP contribution >= 0.6 is 0 Å². The van der Waals surface area contributed by atoms with Gasteiger partial charge >= 0.3 is 0 Å². The third kappa shape index (κ3) is 3.36. The van der Waals surface area contributed by atoms with Gasteiger partial charge in [-0.05, 0) is 31.9 Å². The summed E-state index contributed by atoms with van der Waals surface area (Å²) >= 11 is 0. The Bertz CT molecular complexity index is 1430. The summed E-state index contributed by atoms with van der Waals surface area (Å²) in [5.74, 6) is 0.567. The van der Waals surface area contributed by atoms with Crippen LogP contribution in [0.3, 0.4) is 0 Å². The molecule has 4 aromatic rings. The Morgan fingerprint density at radius 1 is 1.03 bits per heavy atom. The molecular weight excluding hydrogens is 412 g/mol. The van der Waals surface area contributed by atoms with E-state index in [9.17, 15) is 13.2 Å². The number of aryl methyl sites for hydroxylation is 1. The van der Waals surface area contributed by atoms with E-state index in [-0.39, 0.29) is 11.8 Å². The van der Waals surface area contributed by atoms with Crippen LogP contribution in [0.15, 0.2) is 48.5 Å². The van der Waals surface area contributed by atoms with Gasteiger partial charge in [-0.15, -0.1) is 0 Å². The molecule has 0 aliphatic carbocycles. The summed E-state index contributed by atoms with van der Waals surface area (Å²) in [5.41, 5.74) is 3.60. The zero-order valence-corrected chi connectivity index (χ0v) is 18.3. The molecule has 1 fully saturated rings. The molecule has 0 radical (unpaired) electrons. The molecule has 1 saturated heterocycles. The normalized spacial score (nSPS) is 16.3. The van der Waals surface area contributed by atoms with Crippen molar-refractivity contribution in [2.75, 3.05) is 24.7 Å². The molecular formula is C23H24N4O3S. The van der Waals surface area contributed by atoms with Crippen molar-refractivity contribution in [2.24, 2.45) is 5.92 Å². The highest BCUT2D eigenvalue weighted by molar-refractivity contribution is 7.88. The number of nitrogens with zero attached hydrogens (tertiary/aromatic N) is 3. The summed E-state index contributed by atoms with van der Waals surface area (Å²) in [6.07, 6.45) is 2.25. The highest BCUT2D eigenvalue weighted by Crippen LogP contribution is 2.37. The van der Waals surface area contributed by atoms with E-state index in [4.69, 9.17) is 4.98 Å². The lowest BCUT2D eigenvalue weighted by molar-refractivity contribution is -0.120. The van der Waals surface area contributed by atoms with Gasteiger partial charge in [0.15, 0.2) is 0 Å². The topological polar surface area (TPSA) is 83.8 Å². The van der Waals surface area contributed by atoms with E-state index in [0.29, 0.717) is 25.9 Å². The zero-order valence-electron chi connectivity index (χ0n) is 17.5. The Balaban J connectivity index is 1.59. The fourth-order valence-corrected chi connectivity index (χ4v) is 5.50. The molecule has 7 nitrogen and oxygen atoms in total. The molecule has 5 rings (SSSR count). The van der Waals surface area contributed by atoms with Gasteiger partial charge in [-0.3, -0.25) is 9.20 Å². The summed E-state index contributed by atoms with van der Waals surface area (Å²) in [5, 5.41) is 5.14. The number of hydrogen-bond donors (Lipinski definition) is 1. The highest BCUT2D eigenvalue weighted by Gasteiger charge is 2.30. The van der Waals surface area contributed by atoms with Crippen LogP contribution in [0.5, 0.6) is 0 Å². The second kappa shape index (κ2) is 7.32. The average Bonchev–Trinajstić information content (AvgIpc) is 3.08. The van der Waals surface area contributed by atoms with Crippen molar-refractivity contribution in [3.05, 3.63) is 54.4 Å². The Hall–Kier alpha value is -2.97. The summed E-state index contributed by atoms with van der Waals surface area (Å²) in [6, 6.07) is 15.9. The van der Waals surface area contributed by atoms with Crippen molar-refractivity contribution >= 4 is 48.9 Å². The van der Waals surface area contributed by atoms with Crippen molar-refractivity contribution in [2.45, 2.75) is 19.8 Å². The van der Waals surface area contributed by atoms with Crippen molar-refractivity contribution in [3.8, 4) is 0 Å². The number of hydrogen-bond acceptors (Lipinski definition) is 4. The van der Waals surface area contributed by atoms with Crippen LogP contribution < -0.4 is 5.32 Å². The summed E-state index contributed by atoms with van der Waals surface area (Å²) in [7, 11) is -3.22. The molecule has 1 aliphatic heterocycles. The van der Waals surface area contributed by atoms with Crippen molar-refractivity contribution in [1.29, 1.82) is 0 Å². The van der Waals surface area contributed by atoms with Crippen LogP contribution in [-0.4, -0.2) is 47.4 Å². The summed E-state index contributed by atoms with van der Waals surface area (Å²) < 4.78 is 27.1. The average molecular weight is 437 g/mol. The van der Waals surface area contributed by atoms with Crippen molar-refractivity contribution in [1.82, 2.24) is 13.7 Å². The number of aromatic nitrogens is 2. The Kier molecular flexibility index (Phi) is 4.71. The lowest BCUT2D eigenvalue weighted by Crippen LogP contribution is -2.40. The van der Waals surface area contributed by atoms with E-state index in [2.05, 4.69) is 9.72 Å². The number of benzene rings is 2. The molecule has 31 heavy (non-hydrogen) atoms. The van der Waals surface area contributed by atoms with Crippen LogP contribution in [0.2, 0.25) is 0 Å². The van der Waals surface area contributed by atoms with Gasteiger partial charge in [-0.2, -0.15) is 0 Å². The van der Waals surface area contributed by atoms with E-state index < -0.39 is 10.0 Å². The first-order chi connectivity index (χ1) is 14.8. The van der Waals surface area contributed by atoms with E-state index in [0.717, 1.165) is 38.8 Å². The number of sulfonamides is 1. The number of amides is 1. The number of carbonyl (C=O) groups excluding carboxylic acids is 1. The zero-order chi connectivity index (χ0) is 21.8. The van der Waals surface area contributed by atoms with Crippen LogP contribution in [0.1, 0.15) is 18.7 Å². The lowest BCUT2D eigenvalue weighted by atomic mass is 9.97. The fraction of sp³-hybridized carbons (Fsp3) is 0.304. The minimum absolute atomic E-state index is 0.0649. The maximum Gasteiger partial charge on any atom is 0.227 e. The molecule has 0 saturated carbocycles. The molecule has 8 heteroatoms. The first kappa shape index (κ1) is 20.0. The minimum atomic E-state index is -3.22. The monoisotopic (exact) mass is 436 g/mol. The number of piperidine rings is 1. The molecule has 1 aliphatic rings. The van der Waals surface area contributed by atoms with Gasteiger partial charge in [0.1, 0.15) is 5.82 Å². The Morgan fingerprint density at radius 2 is 1.68 bits per heavy atom. The summed E-state index contributed by atoms with van der Waals surface area (Å²) in [6.45, 7) is 2.72. The number of carbonyl (C=O) groups is 1. The predicted octanol–water partition coefficient (Wildman–Crippen LogP) is 3.56. The molecule has 0 bridgehead atoms. The van der Waals surface area contributed by atoms with Crippen LogP contribution in [0, 0.1) is 12.8 Å². The highest BCUT2D eigenvalue weighted by atomic mass is 32.2. The van der Waals surface area contributed by atoms with Gasteiger partial charge < -0.3 is 5.32 Å². The van der Waals surface area contributed by atoms with Crippen LogP contribution in [0.4, 0.5) is 5.69 Å². The molecule has 1 amide bonds. The standard InChI is InChI=1S/C23H24N4O3S/c1-15-24-19-9-5-3-7-17(19)22-21(18-8-4-6-10-20(18)27(15)22)25-23(28)16-11-13-26(14-12-16)31(2,29)30/h3-10,16H,11-14H2,1-2H3,(H,25,28). The molecule has 0 unspecified atom stereocenters. The largest absolute Gasteiger partial charge is 0.323 e. The number of rotatable bonds is 3. The number of fused-ring (bicyclic) bond motifs is 5. The molecule has 2 aromatic carbocycles. The third-order valence-electron chi connectivity index (χ3n) is 6.18. The molecule has 0 atom stereocenters. The SMILES string of the molecule is Cc1nc2ccccc2c2c(NC(=O)C3CCN(S(C)(=O)=O)CC3)c3ccccc3n12. The van der Waals surface area contributed by atoms with Crippen LogP contribution in [0.25, 0.3) is 27.3 Å². The van der Waals surface area contributed by atoms with Crippen LogP contribution in [-0.2, 0) is 14.8 Å². The van der Waals surface area contributed by atoms with Gasteiger partial charge in [-0.1, -0.05) is 36.4 Å². The summed E-state index contributed by atoms with van der Waals surface area (Å²) in [4.78, 5) is 18.0. The molecule has 1 N–H and O–H groups in total. The quantitative estimate of drug-likeness (QED) is 0.532.